The minimum atomic E-state index is 0.0623. The molecule has 100 valence electrons. The van der Waals surface area contributed by atoms with Gasteiger partial charge in [0.15, 0.2) is 5.16 Å². The summed E-state index contributed by atoms with van der Waals surface area (Å²) in [5.41, 5.74) is 2.82. The molecule has 0 aliphatic carbocycles. The molecule has 0 N–H and O–H groups in total. The second kappa shape index (κ2) is 6.06. The minimum Gasteiger partial charge on any atom is -0.291 e. The Labute approximate surface area is 117 Å². The lowest BCUT2D eigenvalue weighted by Crippen LogP contribution is -2.25. The molecule has 0 aliphatic heterocycles. The normalized spacial score (nSPS) is 10.7. The summed E-state index contributed by atoms with van der Waals surface area (Å²) in [6, 6.07) is 10.0. The van der Waals surface area contributed by atoms with Crippen molar-refractivity contribution in [1.82, 2.24) is 9.55 Å². The van der Waals surface area contributed by atoms with Gasteiger partial charge in [-0.05, 0) is 18.2 Å². The summed E-state index contributed by atoms with van der Waals surface area (Å²) < 4.78 is 1.65. The van der Waals surface area contributed by atoms with Gasteiger partial charge < -0.3 is 0 Å². The first-order valence-electron chi connectivity index (χ1n) is 6.36. The van der Waals surface area contributed by atoms with Gasteiger partial charge in [-0.2, -0.15) is 0 Å². The van der Waals surface area contributed by atoms with Crippen molar-refractivity contribution < 1.29 is 0 Å². The van der Waals surface area contributed by atoms with Gasteiger partial charge >= 0.3 is 0 Å². The number of hydrogen-bond acceptors (Lipinski definition) is 3. The SMILES string of the molecule is CCSc1nc(C)c(Cc2ccccc2)c(=O)n1C. The molecule has 2 rings (SSSR count). The molecule has 3 nitrogen and oxygen atoms in total. The van der Waals surface area contributed by atoms with E-state index in [0.29, 0.717) is 6.42 Å². The number of rotatable bonds is 4. The van der Waals surface area contributed by atoms with Crippen molar-refractivity contribution in [3.63, 3.8) is 0 Å². The molecule has 0 bridgehead atoms. The average Bonchev–Trinajstić information content (AvgIpc) is 2.42. The highest BCUT2D eigenvalue weighted by molar-refractivity contribution is 7.99. The van der Waals surface area contributed by atoms with Gasteiger partial charge in [-0.25, -0.2) is 4.98 Å². The Bertz CT molecular complexity index is 620. The molecule has 19 heavy (non-hydrogen) atoms. The van der Waals surface area contributed by atoms with Crippen molar-refractivity contribution in [3.05, 3.63) is 57.5 Å². The summed E-state index contributed by atoms with van der Waals surface area (Å²) >= 11 is 1.60. The molecule has 0 saturated carbocycles. The number of thioether (sulfide) groups is 1. The largest absolute Gasteiger partial charge is 0.291 e. The summed E-state index contributed by atoms with van der Waals surface area (Å²) in [6.45, 7) is 3.98. The topological polar surface area (TPSA) is 34.9 Å². The molecule has 0 fully saturated rings. The van der Waals surface area contributed by atoms with E-state index < -0.39 is 0 Å². The van der Waals surface area contributed by atoms with E-state index in [0.717, 1.165) is 27.7 Å². The Morgan fingerprint density at radius 3 is 2.58 bits per heavy atom. The second-order valence-electron chi connectivity index (χ2n) is 4.42. The van der Waals surface area contributed by atoms with Crippen molar-refractivity contribution in [2.24, 2.45) is 7.05 Å². The smallest absolute Gasteiger partial charge is 0.257 e. The van der Waals surface area contributed by atoms with E-state index >= 15 is 0 Å². The average molecular weight is 274 g/mol. The lowest BCUT2D eigenvalue weighted by Gasteiger charge is -2.11. The number of benzene rings is 1. The molecule has 2 aromatic rings. The Morgan fingerprint density at radius 1 is 1.26 bits per heavy atom. The highest BCUT2D eigenvalue weighted by Gasteiger charge is 2.12. The molecular formula is C15H18N2OS. The van der Waals surface area contributed by atoms with Gasteiger partial charge in [-0.3, -0.25) is 9.36 Å². The molecule has 0 atom stereocenters. The van der Waals surface area contributed by atoms with E-state index in [4.69, 9.17) is 0 Å². The van der Waals surface area contributed by atoms with Gasteiger partial charge in [-0.1, -0.05) is 49.0 Å². The quantitative estimate of drug-likeness (QED) is 0.635. The fourth-order valence-corrected chi connectivity index (χ4v) is 2.73. The second-order valence-corrected chi connectivity index (χ2v) is 5.65. The van der Waals surface area contributed by atoms with Crippen LogP contribution in [0.15, 0.2) is 40.3 Å². The minimum absolute atomic E-state index is 0.0623. The maximum Gasteiger partial charge on any atom is 0.257 e. The summed E-state index contributed by atoms with van der Waals surface area (Å²) in [5, 5.41) is 0.793. The van der Waals surface area contributed by atoms with Crippen molar-refractivity contribution in [3.8, 4) is 0 Å². The van der Waals surface area contributed by atoms with Crippen LogP contribution >= 0.6 is 11.8 Å². The predicted molar refractivity (Wildman–Crippen MR) is 79.9 cm³/mol. The highest BCUT2D eigenvalue weighted by atomic mass is 32.2. The number of hydrogen-bond donors (Lipinski definition) is 0. The predicted octanol–water partition coefficient (Wildman–Crippen LogP) is 2.79. The molecule has 1 heterocycles. The zero-order valence-corrected chi connectivity index (χ0v) is 12.3. The van der Waals surface area contributed by atoms with E-state index in [1.807, 2.05) is 37.3 Å². The van der Waals surface area contributed by atoms with Gasteiger partial charge in [0.1, 0.15) is 0 Å². The number of aromatic nitrogens is 2. The van der Waals surface area contributed by atoms with Crippen LogP contribution in [0.1, 0.15) is 23.7 Å². The fraction of sp³-hybridized carbons (Fsp3) is 0.333. The first-order chi connectivity index (χ1) is 9.13. The van der Waals surface area contributed by atoms with Crippen LogP contribution in [0.3, 0.4) is 0 Å². The van der Waals surface area contributed by atoms with Gasteiger partial charge in [0, 0.05) is 24.7 Å². The molecule has 0 saturated heterocycles. The molecule has 1 aromatic heterocycles. The number of nitrogens with zero attached hydrogens (tertiary/aromatic N) is 2. The first kappa shape index (κ1) is 13.9. The van der Waals surface area contributed by atoms with Crippen LogP contribution in [0.2, 0.25) is 0 Å². The molecule has 1 aromatic carbocycles. The first-order valence-corrected chi connectivity index (χ1v) is 7.35. The summed E-state index contributed by atoms with van der Waals surface area (Å²) in [7, 11) is 1.79. The van der Waals surface area contributed by atoms with Gasteiger partial charge in [0.05, 0.1) is 0 Å². The summed E-state index contributed by atoms with van der Waals surface area (Å²) in [6.07, 6.45) is 0.642. The zero-order valence-electron chi connectivity index (χ0n) is 11.5. The summed E-state index contributed by atoms with van der Waals surface area (Å²) in [4.78, 5) is 16.9. The van der Waals surface area contributed by atoms with Gasteiger partial charge in [0.2, 0.25) is 0 Å². The third-order valence-electron chi connectivity index (χ3n) is 3.05. The van der Waals surface area contributed by atoms with E-state index in [1.165, 1.54) is 0 Å². The lowest BCUT2D eigenvalue weighted by molar-refractivity contribution is 0.684. The van der Waals surface area contributed by atoms with Crippen LogP contribution < -0.4 is 5.56 Å². The summed E-state index contributed by atoms with van der Waals surface area (Å²) in [5.74, 6) is 0.914. The molecule has 0 aliphatic rings. The maximum atomic E-state index is 12.4. The standard InChI is InChI=1S/C15H18N2OS/c1-4-19-15-16-11(2)13(14(18)17(15)3)10-12-8-6-5-7-9-12/h5-9H,4,10H2,1-3H3. The van der Waals surface area contributed by atoms with Crippen LogP contribution in [0.5, 0.6) is 0 Å². The Hall–Kier alpha value is -1.55. The van der Waals surface area contributed by atoms with Crippen LogP contribution in [0, 0.1) is 6.92 Å². The monoisotopic (exact) mass is 274 g/mol. The van der Waals surface area contributed by atoms with E-state index in [-0.39, 0.29) is 5.56 Å². The molecule has 0 unspecified atom stereocenters. The molecule has 4 heteroatoms. The fourth-order valence-electron chi connectivity index (χ4n) is 1.99. The van der Waals surface area contributed by atoms with Crippen molar-refractivity contribution in [2.75, 3.05) is 5.75 Å². The molecule has 0 spiro atoms. The van der Waals surface area contributed by atoms with Gasteiger partial charge in [0.25, 0.3) is 5.56 Å². The maximum absolute atomic E-state index is 12.4. The van der Waals surface area contributed by atoms with Crippen molar-refractivity contribution >= 4 is 11.8 Å². The lowest BCUT2D eigenvalue weighted by atomic mass is 10.1. The molecular weight excluding hydrogens is 256 g/mol. The Kier molecular flexibility index (Phi) is 4.43. The molecule has 0 amide bonds. The van der Waals surface area contributed by atoms with Crippen molar-refractivity contribution in [2.45, 2.75) is 25.4 Å². The van der Waals surface area contributed by atoms with E-state index in [2.05, 4.69) is 11.9 Å². The van der Waals surface area contributed by atoms with E-state index in [1.54, 1.807) is 23.4 Å². The zero-order chi connectivity index (χ0) is 13.8. The Morgan fingerprint density at radius 2 is 1.95 bits per heavy atom. The third kappa shape index (κ3) is 3.07. The molecule has 0 radical (unpaired) electrons. The van der Waals surface area contributed by atoms with Crippen LogP contribution in [0.4, 0.5) is 0 Å². The highest BCUT2D eigenvalue weighted by Crippen LogP contribution is 2.15. The Balaban J connectivity index is 2.42. The number of aryl methyl sites for hydroxylation is 1. The van der Waals surface area contributed by atoms with Crippen LogP contribution in [-0.2, 0) is 13.5 Å². The third-order valence-corrected chi connectivity index (χ3v) is 3.96. The van der Waals surface area contributed by atoms with Crippen LogP contribution in [-0.4, -0.2) is 15.3 Å². The van der Waals surface area contributed by atoms with E-state index in [9.17, 15) is 4.79 Å². The van der Waals surface area contributed by atoms with Crippen molar-refractivity contribution in [1.29, 1.82) is 0 Å². The van der Waals surface area contributed by atoms with Crippen LogP contribution in [0.25, 0.3) is 0 Å². The van der Waals surface area contributed by atoms with Gasteiger partial charge in [-0.15, -0.1) is 0 Å².